The molecule has 0 aliphatic rings. The van der Waals surface area contributed by atoms with Gasteiger partial charge in [0.2, 0.25) is 0 Å². The Hall–Kier alpha value is -1.94. The highest BCUT2D eigenvalue weighted by Gasteiger charge is 2.03. The van der Waals surface area contributed by atoms with E-state index in [1.165, 1.54) is 18.2 Å². The van der Waals surface area contributed by atoms with Crippen LogP contribution in [0.2, 0.25) is 0 Å². The van der Waals surface area contributed by atoms with Crippen molar-refractivity contribution < 1.29 is 4.39 Å². The summed E-state index contributed by atoms with van der Waals surface area (Å²) in [4.78, 5) is 10.9. The molecule has 0 saturated carbocycles. The van der Waals surface area contributed by atoms with Crippen molar-refractivity contribution in [1.29, 1.82) is 0 Å². The van der Waals surface area contributed by atoms with Gasteiger partial charge in [-0.2, -0.15) is 0 Å². The van der Waals surface area contributed by atoms with Crippen LogP contribution in [0.4, 0.5) is 4.39 Å². The van der Waals surface area contributed by atoms with Crippen molar-refractivity contribution in [2.45, 2.75) is 13.1 Å². The average molecular weight is 232 g/mol. The SMILES string of the molecule is NCc1ccc(Cn2ccc(=O)cc2)c(F)c1. The van der Waals surface area contributed by atoms with E-state index in [0.29, 0.717) is 18.7 Å². The van der Waals surface area contributed by atoms with Gasteiger partial charge in [0.15, 0.2) is 5.43 Å². The van der Waals surface area contributed by atoms with E-state index in [9.17, 15) is 9.18 Å². The zero-order valence-electron chi connectivity index (χ0n) is 9.27. The Labute approximate surface area is 98.3 Å². The van der Waals surface area contributed by atoms with Gasteiger partial charge in [-0.3, -0.25) is 4.79 Å². The Kier molecular flexibility index (Phi) is 3.35. The van der Waals surface area contributed by atoms with E-state index in [2.05, 4.69) is 0 Å². The third-order valence-corrected chi connectivity index (χ3v) is 2.57. The number of nitrogens with zero attached hydrogens (tertiary/aromatic N) is 1. The molecule has 4 heteroatoms. The molecule has 0 aliphatic carbocycles. The Morgan fingerprint density at radius 3 is 2.47 bits per heavy atom. The summed E-state index contributed by atoms with van der Waals surface area (Å²) in [7, 11) is 0. The number of rotatable bonds is 3. The van der Waals surface area contributed by atoms with Crippen LogP contribution in [0, 0.1) is 5.82 Å². The summed E-state index contributed by atoms with van der Waals surface area (Å²) >= 11 is 0. The van der Waals surface area contributed by atoms with Crippen molar-refractivity contribution in [3.8, 4) is 0 Å². The molecule has 0 bridgehead atoms. The van der Waals surface area contributed by atoms with Gasteiger partial charge in [0.1, 0.15) is 5.82 Å². The van der Waals surface area contributed by atoms with Gasteiger partial charge in [0, 0.05) is 43.2 Å². The summed E-state index contributed by atoms with van der Waals surface area (Å²) in [6.45, 7) is 0.728. The molecule has 0 atom stereocenters. The van der Waals surface area contributed by atoms with Crippen molar-refractivity contribution in [3.63, 3.8) is 0 Å². The standard InChI is InChI=1S/C13H13FN2O/c14-13-7-10(8-15)1-2-11(13)9-16-5-3-12(17)4-6-16/h1-7H,8-9,15H2. The molecule has 0 aliphatic heterocycles. The molecule has 2 aromatic rings. The van der Waals surface area contributed by atoms with Crippen LogP contribution in [0.15, 0.2) is 47.5 Å². The molecular formula is C13H13FN2O. The third-order valence-electron chi connectivity index (χ3n) is 2.57. The molecule has 0 saturated heterocycles. The van der Waals surface area contributed by atoms with Crippen molar-refractivity contribution in [2.75, 3.05) is 0 Å². The van der Waals surface area contributed by atoms with E-state index >= 15 is 0 Å². The van der Waals surface area contributed by atoms with Crippen molar-refractivity contribution >= 4 is 0 Å². The topological polar surface area (TPSA) is 48.0 Å². The number of aromatic nitrogens is 1. The van der Waals surface area contributed by atoms with Gasteiger partial charge in [-0.05, 0) is 11.6 Å². The largest absolute Gasteiger partial charge is 0.350 e. The summed E-state index contributed by atoms with van der Waals surface area (Å²) in [6.07, 6.45) is 3.28. The van der Waals surface area contributed by atoms with E-state index < -0.39 is 0 Å². The van der Waals surface area contributed by atoms with E-state index in [-0.39, 0.29) is 11.2 Å². The van der Waals surface area contributed by atoms with Crippen LogP contribution in [0.5, 0.6) is 0 Å². The Morgan fingerprint density at radius 2 is 1.88 bits per heavy atom. The molecule has 0 amide bonds. The number of halogens is 1. The van der Waals surface area contributed by atoms with Crippen LogP contribution in [0.25, 0.3) is 0 Å². The van der Waals surface area contributed by atoms with Gasteiger partial charge in [0.05, 0.1) is 0 Å². The molecule has 2 rings (SSSR count). The number of nitrogens with two attached hydrogens (primary N) is 1. The highest BCUT2D eigenvalue weighted by molar-refractivity contribution is 5.24. The highest BCUT2D eigenvalue weighted by atomic mass is 19.1. The summed E-state index contributed by atoms with van der Waals surface area (Å²) in [6, 6.07) is 7.87. The van der Waals surface area contributed by atoms with Gasteiger partial charge in [-0.25, -0.2) is 4.39 Å². The van der Waals surface area contributed by atoms with Gasteiger partial charge in [-0.15, -0.1) is 0 Å². The molecule has 3 nitrogen and oxygen atoms in total. The molecule has 17 heavy (non-hydrogen) atoms. The fourth-order valence-corrected chi connectivity index (χ4v) is 1.59. The molecule has 0 fully saturated rings. The summed E-state index contributed by atoms with van der Waals surface area (Å²) in [5, 5.41) is 0. The Bertz CT molecular complexity index is 557. The van der Waals surface area contributed by atoms with E-state index in [1.54, 1.807) is 29.1 Å². The lowest BCUT2D eigenvalue weighted by Crippen LogP contribution is -2.06. The predicted molar refractivity (Wildman–Crippen MR) is 64.1 cm³/mol. The maximum Gasteiger partial charge on any atom is 0.181 e. The second-order valence-corrected chi connectivity index (χ2v) is 3.84. The molecule has 0 spiro atoms. The van der Waals surface area contributed by atoms with E-state index in [4.69, 9.17) is 5.73 Å². The van der Waals surface area contributed by atoms with Crippen LogP contribution >= 0.6 is 0 Å². The van der Waals surface area contributed by atoms with Crippen molar-refractivity contribution in [2.24, 2.45) is 5.73 Å². The lowest BCUT2D eigenvalue weighted by Gasteiger charge is -2.08. The zero-order chi connectivity index (χ0) is 12.3. The highest BCUT2D eigenvalue weighted by Crippen LogP contribution is 2.11. The normalized spacial score (nSPS) is 10.5. The fourth-order valence-electron chi connectivity index (χ4n) is 1.59. The maximum absolute atomic E-state index is 13.7. The predicted octanol–water partition coefficient (Wildman–Crippen LogP) is 1.49. The maximum atomic E-state index is 13.7. The van der Waals surface area contributed by atoms with E-state index in [1.807, 2.05) is 0 Å². The van der Waals surface area contributed by atoms with Gasteiger partial charge in [-0.1, -0.05) is 12.1 Å². The van der Waals surface area contributed by atoms with Crippen LogP contribution < -0.4 is 11.2 Å². The second kappa shape index (κ2) is 4.93. The Balaban J connectivity index is 2.24. The smallest absolute Gasteiger partial charge is 0.181 e. The van der Waals surface area contributed by atoms with E-state index in [0.717, 1.165) is 5.56 Å². The minimum Gasteiger partial charge on any atom is -0.350 e. The lowest BCUT2D eigenvalue weighted by molar-refractivity contribution is 0.596. The molecule has 1 heterocycles. The monoisotopic (exact) mass is 232 g/mol. The van der Waals surface area contributed by atoms with Crippen LogP contribution in [0.3, 0.4) is 0 Å². The molecule has 1 aromatic carbocycles. The summed E-state index contributed by atoms with van der Waals surface area (Å²) in [5.41, 5.74) is 6.72. The Morgan fingerprint density at radius 1 is 1.18 bits per heavy atom. The second-order valence-electron chi connectivity index (χ2n) is 3.84. The van der Waals surface area contributed by atoms with Crippen molar-refractivity contribution in [3.05, 3.63) is 69.9 Å². The number of pyridine rings is 1. The molecule has 1 aromatic heterocycles. The summed E-state index contributed by atoms with van der Waals surface area (Å²) < 4.78 is 15.4. The minimum atomic E-state index is -0.272. The van der Waals surface area contributed by atoms with Crippen molar-refractivity contribution in [1.82, 2.24) is 4.57 Å². The first-order chi connectivity index (χ1) is 8.19. The lowest BCUT2D eigenvalue weighted by atomic mass is 10.1. The van der Waals surface area contributed by atoms with Gasteiger partial charge >= 0.3 is 0 Å². The van der Waals surface area contributed by atoms with Crippen LogP contribution in [-0.2, 0) is 13.1 Å². The molecule has 2 N–H and O–H groups in total. The average Bonchev–Trinajstić information content (AvgIpc) is 2.34. The fraction of sp³-hybridized carbons (Fsp3) is 0.154. The molecule has 0 radical (unpaired) electrons. The zero-order valence-corrected chi connectivity index (χ0v) is 9.27. The molecule has 0 unspecified atom stereocenters. The van der Waals surface area contributed by atoms with Crippen LogP contribution in [0.1, 0.15) is 11.1 Å². The number of benzene rings is 1. The van der Waals surface area contributed by atoms with Crippen LogP contribution in [-0.4, -0.2) is 4.57 Å². The van der Waals surface area contributed by atoms with Gasteiger partial charge < -0.3 is 10.3 Å². The minimum absolute atomic E-state index is 0.0554. The number of hydrogen-bond donors (Lipinski definition) is 1. The molecular weight excluding hydrogens is 219 g/mol. The number of hydrogen-bond acceptors (Lipinski definition) is 2. The van der Waals surface area contributed by atoms with Gasteiger partial charge in [0.25, 0.3) is 0 Å². The first-order valence-electron chi connectivity index (χ1n) is 5.32. The summed E-state index contributed by atoms with van der Waals surface area (Å²) in [5.74, 6) is -0.272. The molecule has 88 valence electrons. The third kappa shape index (κ3) is 2.79. The first kappa shape index (κ1) is 11.5. The first-order valence-corrected chi connectivity index (χ1v) is 5.32. The quantitative estimate of drug-likeness (QED) is 0.871.